The zero-order chi connectivity index (χ0) is 26.9. The number of rotatable bonds is 13. The fourth-order valence-corrected chi connectivity index (χ4v) is 4.32. The molecule has 1 atom stereocenters. The van der Waals surface area contributed by atoms with Gasteiger partial charge in [-0.3, -0.25) is 9.59 Å². The standard InChI is InChI=1S/C30H38N2O5/c1-6-8-9-19-36-24-13-10-22(11-14-24)27-26(29(34)30(35)32(27)17-16-31(4)5)28(33)23-12-15-25(21(3)20-23)37-18-7-2/h7,10-15,20,27,33H,2,6,8-9,16-19H2,1,3-5H3. The molecular weight excluding hydrogens is 468 g/mol. The van der Waals surface area contributed by atoms with Gasteiger partial charge in [-0.15, -0.1) is 0 Å². The van der Waals surface area contributed by atoms with Crippen molar-refractivity contribution >= 4 is 17.4 Å². The van der Waals surface area contributed by atoms with Gasteiger partial charge in [0.25, 0.3) is 11.7 Å². The largest absolute Gasteiger partial charge is 0.507 e. The summed E-state index contributed by atoms with van der Waals surface area (Å²) < 4.78 is 11.5. The van der Waals surface area contributed by atoms with E-state index in [4.69, 9.17) is 9.47 Å². The van der Waals surface area contributed by atoms with E-state index in [-0.39, 0.29) is 11.3 Å². The Morgan fingerprint density at radius 1 is 1.11 bits per heavy atom. The van der Waals surface area contributed by atoms with Crippen LogP contribution in [0.2, 0.25) is 0 Å². The van der Waals surface area contributed by atoms with Crippen molar-refractivity contribution in [1.82, 2.24) is 9.80 Å². The minimum Gasteiger partial charge on any atom is -0.507 e. The topological polar surface area (TPSA) is 79.3 Å². The average Bonchev–Trinajstić information content (AvgIpc) is 3.14. The van der Waals surface area contributed by atoms with E-state index < -0.39 is 17.7 Å². The van der Waals surface area contributed by atoms with Gasteiger partial charge in [0.15, 0.2) is 0 Å². The second-order valence-electron chi connectivity index (χ2n) is 9.50. The van der Waals surface area contributed by atoms with Gasteiger partial charge in [0.1, 0.15) is 23.9 Å². The van der Waals surface area contributed by atoms with Gasteiger partial charge in [0.05, 0.1) is 18.2 Å². The molecule has 1 aliphatic rings. The zero-order valence-electron chi connectivity index (χ0n) is 22.3. The molecule has 0 bridgehead atoms. The van der Waals surface area contributed by atoms with E-state index >= 15 is 0 Å². The second kappa shape index (κ2) is 13.1. The molecule has 2 aromatic carbocycles. The molecule has 3 rings (SSSR count). The Balaban J connectivity index is 1.99. The van der Waals surface area contributed by atoms with E-state index in [1.807, 2.05) is 50.2 Å². The lowest BCUT2D eigenvalue weighted by Crippen LogP contribution is -2.35. The lowest BCUT2D eigenvalue weighted by Gasteiger charge is -2.26. The number of ether oxygens (including phenoxy) is 2. The Kier molecular flexibility index (Phi) is 9.92. The van der Waals surface area contributed by atoms with E-state index in [0.29, 0.717) is 37.6 Å². The number of unbranched alkanes of at least 4 members (excludes halogenated alkanes) is 2. The smallest absolute Gasteiger partial charge is 0.295 e. The molecule has 1 amide bonds. The normalized spacial score (nSPS) is 16.9. The maximum atomic E-state index is 13.2. The minimum atomic E-state index is -0.703. The maximum Gasteiger partial charge on any atom is 0.295 e. The Morgan fingerprint density at radius 2 is 1.84 bits per heavy atom. The zero-order valence-corrected chi connectivity index (χ0v) is 22.3. The first-order chi connectivity index (χ1) is 17.8. The number of nitrogens with zero attached hydrogens (tertiary/aromatic N) is 2. The highest BCUT2D eigenvalue weighted by Crippen LogP contribution is 2.40. The molecule has 1 fully saturated rings. The van der Waals surface area contributed by atoms with Crippen LogP contribution in [0.5, 0.6) is 11.5 Å². The number of aliphatic hydroxyl groups is 1. The highest BCUT2D eigenvalue weighted by Gasteiger charge is 2.45. The lowest BCUT2D eigenvalue weighted by atomic mass is 9.94. The van der Waals surface area contributed by atoms with Crippen LogP contribution in [0.1, 0.15) is 48.9 Å². The molecule has 0 radical (unpaired) electrons. The lowest BCUT2D eigenvalue weighted by molar-refractivity contribution is -0.140. The fourth-order valence-electron chi connectivity index (χ4n) is 4.32. The molecule has 1 aliphatic heterocycles. The van der Waals surface area contributed by atoms with Crippen LogP contribution in [0.4, 0.5) is 0 Å². The Bertz CT molecular complexity index is 1140. The average molecular weight is 507 g/mol. The molecular formula is C30H38N2O5. The summed E-state index contributed by atoms with van der Waals surface area (Å²) in [5, 5.41) is 11.3. The van der Waals surface area contributed by atoms with Gasteiger partial charge in [-0.1, -0.05) is 44.6 Å². The van der Waals surface area contributed by atoms with Crippen molar-refractivity contribution < 1.29 is 24.2 Å². The third-order valence-corrected chi connectivity index (χ3v) is 6.35. The maximum absolute atomic E-state index is 13.2. The Hall–Kier alpha value is -3.58. The van der Waals surface area contributed by atoms with E-state index in [0.717, 1.165) is 36.1 Å². The highest BCUT2D eigenvalue weighted by molar-refractivity contribution is 6.46. The molecule has 1 saturated heterocycles. The first-order valence-corrected chi connectivity index (χ1v) is 12.8. The summed E-state index contributed by atoms with van der Waals surface area (Å²) in [6.45, 7) is 9.60. The van der Waals surface area contributed by atoms with Crippen molar-refractivity contribution in [3.8, 4) is 11.5 Å². The van der Waals surface area contributed by atoms with Gasteiger partial charge in [-0.25, -0.2) is 0 Å². The fraction of sp³-hybridized carbons (Fsp3) is 0.400. The number of hydrogen-bond donors (Lipinski definition) is 1. The molecule has 7 heteroatoms. The summed E-state index contributed by atoms with van der Waals surface area (Å²) in [4.78, 5) is 29.8. The molecule has 2 aromatic rings. The molecule has 0 aliphatic carbocycles. The monoisotopic (exact) mass is 506 g/mol. The predicted octanol–water partition coefficient (Wildman–Crippen LogP) is 5.11. The Labute approximate surface area is 220 Å². The molecule has 0 saturated carbocycles. The number of amides is 1. The van der Waals surface area contributed by atoms with E-state index in [1.165, 1.54) is 0 Å². The summed E-state index contributed by atoms with van der Waals surface area (Å²) >= 11 is 0. The van der Waals surface area contributed by atoms with Gasteiger partial charge < -0.3 is 24.4 Å². The highest BCUT2D eigenvalue weighted by atomic mass is 16.5. The van der Waals surface area contributed by atoms with Crippen molar-refractivity contribution in [2.75, 3.05) is 40.4 Å². The van der Waals surface area contributed by atoms with Crippen LogP contribution >= 0.6 is 0 Å². The van der Waals surface area contributed by atoms with Crippen LogP contribution in [0.3, 0.4) is 0 Å². The van der Waals surface area contributed by atoms with E-state index in [1.54, 1.807) is 29.2 Å². The van der Waals surface area contributed by atoms with Gasteiger partial charge in [-0.2, -0.15) is 0 Å². The van der Waals surface area contributed by atoms with Crippen LogP contribution in [-0.2, 0) is 9.59 Å². The third kappa shape index (κ3) is 6.80. The number of carbonyl (C=O) groups is 2. The number of aliphatic hydroxyl groups excluding tert-OH is 1. The number of benzene rings is 2. The van der Waals surface area contributed by atoms with E-state index in [2.05, 4.69) is 13.5 Å². The van der Waals surface area contributed by atoms with Crippen LogP contribution in [0.15, 0.2) is 60.7 Å². The quantitative estimate of drug-likeness (QED) is 0.134. The van der Waals surface area contributed by atoms with Crippen LogP contribution in [0.25, 0.3) is 5.76 Å². The molecule has 0 spiro atoms. The van der Waals surface area contributed by atoms with Crippen LogP contribution in [0, 0.1) is 6.92 Å². The van der Waals surface area contributed by atoms with Gasteiger partial charge in [0.2, 0.25) is 0 Å². The molecule has 7 nitrogen and oxygen atoms in total. The number of ketones is 1. The molecule has 0 aromatic heterocycles. The summed E-state index contributed by atoms with van der Waals surface area (Å²) in [6, 6.07) is 11.9. The number of aryl methyl sites for hydroxylation is 1. The molecule has 37 heavy (non-hydrogen) atoms. The number of carbonyl (C=O) groups excluding carboxylic acids is 2. The SMILES string of the molecule is C=CCOc1ccc(C(O)=C2C(=O)C(=O)N(CCN(C)C)C2c2ccc(OCCCCC)cc2)cc1C. The predicted molar refractivity (Wildman–Crippen MR) is 146 cm³/mol. The second-order valence-corrected chi connectivity index (χ2v) is 9.50. The number of hydrogen-bond acceptors (Lipinski definition) is 6. The summed E-state index contributed by atoms with van der Waals surface area (Å²) in [5.74, 6) is -0.111. The van der Waals surface area contributed by atoms with E-state index in [9.17, 15) is 14.7 Å². The third-order valence-electron chi connectivity index (χ3n) is 6.35. The molecule has 1 N–H and O–H groups in total. The van der Waals surface area contributed by atoms with Crippen LogP contribution in [-0.4, -0.2) is 67.0 Å². The molecule has 1 heterocycles. The summed E-state index contributed by atoms with van der Waals surface area (Å²) in [5.41, 5.74) is 2.08. The minimum absolute atomic E-state index is 0.0829. The summed E-state index contributed by atoms with van der Waals surface area (Å²) in [7, 11) is 3.82. The van der Waals surface area contributed by atoms with Crippen molar-refractivity contribution in [1.29, 1.82) is 0 Å². The number of Topliss-reactive ketones (excluding diaryl/α,β-unsaturated/α-hetero) is 1. The Morgan fingerprint density at radius 3 is 2.46 bits per heavy atom. The molecule has 198 valence electrons. The number of likely N-dealkylation sites (N-methyl/N-ethyl adjacent to an activating group) is 1. The summed E-state index contributed by atoms with van der Waals surface area (Å²) in [6.07, 6.45) is 4.88. The van der Waals surface area contributed by atoms with Crippen LogP contribution < -0.4 is 9.47 Å². The van der Waals surface area contributed by atoms with Crippen molar-refractivity contribution in [2.45, 2.75) is 39.2 Å². The van der Waals surface area contributed by atoms with Crippen molar-refractivity contribution in [3.63, 3.8) is 0 Å². The van der Waals surface area contributed by atoms with Crippen molar-refractivity contribution in [2.24, 2.45) is 0 Å². The van der Waals surface area contributed by atoms with Gasteiger partial charge >= 0.3 is 0 Å². The van der Waals surface area contributed by atoms with Gasteiger partial charge in [0, 0.05) is 18.7 Å². The van der Waals surface area contributed by atoms with Gasteiger partial charge in [-0.05, 0) is 68.9 Å². The molecule has 1 unspecified atom stereocenters. The first-order valence-electron chi connectivity index (χ1n) is 12.8. The number of likely N-dealkylation sites (tertiary alicyclic amines) is 1. The van der Waals surface area contributed by atoms with Crippen molar-refractivity contribution in [3.05, 3.63) is 77.4 Å². The first kappa shape index (κ1) is 28.0.